The van der Waals surface area contributed by atoms with E-state index in [4.69, 9.17) is 11.6 Å². The molecule has 138 valence electrons. The monoisotopic (exact) mass is 364 g/mol. The second-order valence-electron chi connectivity index (χ2n) is 6.78. The van der Waals surface area contributed by atoms with Crippen molar-refractivity contribution in [2.45, 2.75) is 77.4 Å². The van der Waals surface area contributed by atoms with E-state index in [1.807, 2.05) is 38.1 Å². The summed E-state index contributed by atoms with van der Waals surface area (Å²) >= 11 is 6.28. The first-order valence-electron chi connectivity index (χ1n) is 9.40. The van der Waals surface area contributed by atoms with Crippen molar-refractivity contribution in [3.8, 4) is 0 Å². The zero-order valence-corrected chi connectivity index (χ0v) is 16.0. The highest BCUT2D eigenvalue weighted by Crippen LogP contribution is 2.22. The quantitative estimate of drug-likeness (QED) is 0.747. The molecule has 0 saturated heterocycles. The van der Waals surface area contributed by atoms with Crippen LogP contribution in [0.5, 0.6) is 0 Å². The molecule has 1 aromatic carbocycles. The highest BCUT2D eigenvalue weighted by molar-refractivity contribution is 6.31. The van der Waals surface area contributed by atoms with Gasteiger partial charge in [-0.1, -0.05) is 56.5 Å². The minimum absolute atomic E-state index is 0.0100. The third-order valence-electron chi connectivity index (χ3n) is 4.85. The van der Waals surface area contributed by atoms with Gasteiger partial charge in [0.05, 0.1) is 0 Å². The second kappa shape index (κ2) is 9.81. The maximum atomic E-state index is 12.8. The lowest BCUT2D eigenvalue weighted by Crippen LogP contribution is -2.50. The van der Waals surface area contributed by atoms with Crippen LogP contribution >= 0.6 is 11.6 Å². The minimum atomic E-state index is -0.448. The number of rotatable bonds is 8. The van der Waals surface area contributed by atoms with E-state index < -0.39 is 6.04 Å². The normalized spacial score (nSPS) is 15.8. The van der Waals surface area contributed by atoms with Gasteiger partial charge >= 0.3 is 0 Å². The van der Waals surface area contributed by atoms with Crippen LogP contribution < -0.4 is 5.32 Å². The van der Waals surface area contributed by atoms with Crippen molar-refractivity contribution in [2.75, 3.05) is 0 Å². The van der Waals surface area contributed by atoms with Gasteiger partial charge in [0.1, 0.15) is 6.04 Å². The van der Waals surface area contributed by atoms with Crippen molar-refractivity contribution in [3.63, 3.8) is 0 Å². The first-order valence-corrected chi connectivity index (χ1v) is 9.77. The molecule has 1 saturated carbocycles. The summed E-state index contributed by atoms with van der Waals surface area (Å²) in [6, 6.07) is 7.31. The molecule has 1 N–H and O–H groups in total. The summed E-state index contributed by atoms with van der Waals surface area (Å²) in [6.45, 7) is 4.30. The van der Waals surface area contributed by atoms with E-state index in [1.165, 1.54) is 12.8 Å². The topological polar surface area (TPSA) is 49.4 Å². The molecule has 2 rings (SSSR count). The molecule has 1 aliphatic rings. The molecule has 0 heterocycles. The first-order chi connectivity index (χ1) is 12.1. The molecular formula is C20H29ClN2O2. The molecule has 1 aliphatic carbocycles. The molecule has 0 bridgehead atoms. The lowest BCUT2D eigenvalue weighted by atomic mass is 10.1. The molecule has 2 amide bonds. The van der Waals surface area contributed by atoms with E-state index in [0.29, 0.717) is 24.4 Å². The smallest absolute Gasteiger partial charge is 0.243 e. The molecule has 0 aromatic heterocycles. The Morgan fingerprint density at radius 1 is 1.24 bits per heavy atom. The Morgan fingerprint density at radius 2 is 1.92 bits per heavy atom. The van der Waals surface area contributed by atoms with Crippen LogP contribution in [0.2, 0.25) is 5.02 Å². The average molecular weight is 365 g/mol. The van der Waals surface area contributed by atoms with Crippen LogP contribution in [0.25, 0.3) is 0 Å². The summed E-state index contributed by atoms with van der Waals surface area (Å²) in [5.41, 5.74) is 0.876. The summed E-state index contributed by atoms with van der Waals surface area (Å²) in [5, 5.41) is 3.77. The fourth-order valence-corrected chi connectivity index (χ4v) is 3.65. The number of carbonyl (C=O) groups is 2. The summed E-state index contributed by atoms with van der Waals surface area (Å²) in [5.74, 6) is -0.0262. The number of carbonyl (C=O) groups excluding carboxylic acids is 2. The van der Waals surface area contributed by atoms with Crippen molar-refractivity contribution >= 4 is 23.4 Å². The summed E-state index contributed by atoms with van der Waals surface area (Å²) in [4.78, 5) is 27.2. The van der Waals surface area contributed by atoms with Gasteiger partial charge in [0.2, 0.25) is 11.8 Å². The molecule has 0 unspecified atom stereocenters. The van der Waals surface area contributed by atoms with Gasteiger partial charge in [-0.2, -0.15) is 0 Å². The van der Waals surface area contributed by atoms with E-state index in [-0.39, 0.29) is 17.9 Å². The second-order valence-corrected chi connectivity index (χ2v) is 7.18. The summed E-state index contributed by atoms with van der Waals surface area (Å²) in [6.07, 6.45) is 6.21. The minimum Gasteiger partial charge on any atom is -0.352 e. The van der Waals surface area contributed by atoms with Crippen molar-refractivity contribution in [1.29, 1.82) is 0 Å². The van der Waals surface area contributed by atoms with Crippen LogP contribution in [0.1, 0.15) is 64.4 Å². The standard InChI is InChI=1S/C20H29ClN2O2/c1-3-9-19(24)23(14-15-10-5-8-13-17(15)21)18(4-2)20(25)22-16-11-6-7-12-16/h5,8,10,13,16,18H,3-4,6-7,9,11-12,14H2,1-2H3,(H,22,25)/t18-/m1/s1. The van der Waals surface area contributed by atoms with E-state index in [0.717, 1.165) is 24.8 Å². The molecule has 4 nitrogen and oxygen atoms in total. The molecule has 25 heavy (non-hydrogen) atoms. The number of nitrogens with zero attached hydrogens (tertiary/aromatic N) is 1. The Hall–Kier alpha value is -1.55. The lowest BCUT2D eigenvalue weighted by Gasteiger charge is -2.31. The highest BCUT2D eigenvalue weighted by atomic mass is 35.5. The van der Waals surface area contributed by atoms with E-state index >= 15 is 0 Å². The van der Waals surface area contributed by atoms with Crippen LogP contribution in [0, 0.1) is 0 Å². The van der Waals surface area contributed by atoms with E-state index in [2.05, 4.69) is 5.32 Å². The summed E-state index contributed by atoms with van der Waals surface area (Å²) in [7, 11) is 0. The fraction of sp³-hybridized carbons (Fsp3) is 0.600. The molecule has 0 aliphatic heterocycles. The van der Waals surface area contributed by atoms with Gasteiger partial charge in [0.25, 0.3) is 0 Å². The number of benzene rings is 1. The average Bonchev–Trinajstić information content (AvgIpc) is 3.09. The van der Waals surface area contributed by atoms with Crippen LogP contribution in [0.15, 0.2) is 24.3 Å². The molecule has 1 atom stereocenters. The largest absolute Gasteiger partial charge is 0.352 e. The van der Waals surface area contributed by atoms with Crippen LogP contribution in [0.3, 0.4) is 0 Å². The number of hydrogen-bond acceptors (Lipinski definition) is 2. The Kier molecular flexibility index (Phi) is 7.76. The zero-order valence-electron chi connectivity index (χ0n) is 15.3. The van der Waals surface area contributed by atoms with E-state index in [1.54, 1.807) is 4.90 Å². The predicted molar refractivity (Wildman–Crippen MR) is 101 cm³/mol. The molecule has 0 radical (unpaired) electrons. The molecule has 0 spiro atoms. The maximum absolute atomic E-state index is 12.8. The van der Waals surface area contributed by atoms with Gasteiger partial charge in [0, 0.05) is 24.0 Å². The van der Waals surface area contributed by atoms with Gasteiger partial charge in [0.15, 0.2) is 0 Å². The molecule has 1 aromatic rings. The number of hydrogen-bond donors (Lipinski definition) is 1. The number of amides is 2. The Bertz CT molecular complexity index is 585. The molecule has 5 heteroatoms. The van der Waals surface area contributed by atoms with Gasteiger partial charge in [-0.3, -0.25) is 9.59 Å². The fourth-order valence-electron chi connectivity index (χ4n) is 3.45. The van der Waals surface area contributed by atoms with Gasteiger partial charge in [-0.15, -0.1) is 0 Å². The van der Waals surface area contributed by atoms with Gasteiger partial charge in [-0.25, -0.2) is 0 Å². The van der Waals surface area contributed by atoms with Crippen molar-refractivity contribution in [1.82, 2.24) is 10.2 Å². The first kappa shape index (κ1) is 19.8. The SMILES string of the molecule is CCCC(=O)N(Cc1ccccc1Cl)[C@H](CC)C(=O)NC1CCCC1. The van der Waals surface area contributed by atoms with Crippen molar-refractivity contribution in [3.05, 3.63) is 34.9 Å². The Morgan fingerprint density at radius 3 is 2.52 bits per heavy atom. The number of nitrogens with one attached hydrogen (secondary N) is 1. The van der Waals surface area contributed by atoms with E-state index in [9.17, 15) is 9.59 Å². The molecule has 1 fully saturated rings. The highest BCUT2D eigenvalue weighted by Gasteiger charge is 2.30. The zero-order chi connectivity index (χ0) is 18.2. The maximum Gasteiger partial charge on any atom is 0.243 e. The van der Waals surface area contributed by atoms with Gasteiger partial charge in [-0.05, 0) is 37.3 Å². The molecular weight excluding hydrogens is 336 g/mol. The van der Waals surface area contributed by atoms with Gasteiger partial charge < -0.3 is 10.2 Å². The third kappa shape index (κ3) is 5.46. The van der Waals surface area contributed by atoms with Crippen LogP contribution in [-0.2, 0) is 16.1 Å². The summed E-state index contributed by atoms with van der Waals surface area (Å²) < 4.78 is 0. The third-order valence-corrected chi connectivity index (χ3v) is 5.22. The van der Waals surface area contributed by atoms with Crippen LogP contribution in [-0.4, -0.2) is 28.8 Å². The number of halogens is 1. The lowest BCUT2D eigenvalue weighted by molar-refractivity contribution is -0.141. The Balaban J connectivity index is 2.17. The predicted octanol–water partition coefficient (Wildman–Crippen LogP) is 4.31. The van der Waals surface area contributed by atoms with Crippen molar-refractivity contribution in [2.24, 2.45) is 0 Å². The van der Waals surface area contributed by atoms with Crippen LogP contribution in [0.4, 0.5) is 0 Å². The van der Waals surface area contributed by atoms with Crippen molar-refractivity contribution < 1.29 is 9.59 Å². The Labute approximate surface area is 155 Å².